The van der Waals surface area contributed by atoms with Gasteiger partial charge in [0.2, 0.25) is 0 Å². The summed E-state index contributed by atoms with van der Waals surface area (Å²) in [7, 11) is -2.14. The highest BCUT2D eigenvalue weighted by Crippen LogP contribution is 2.59. The zero-order valence-corrected chi connectivity index (χ0v) is 19.2. The summed E-state index contributed by atoms with van der Waals surface area (Å²) in [5.74, 6) is -0.295. The third-order valence-electron chi connectivity index (χ3n) is 4.16. The van der Waals surface area contributed by atoms with E-state index in [4.69, 9.17) is 30.1 Å². The molecule has 0 saturated carbocycles. The molecule has 2 aromatic carbocycles. The highest BCUT2D eigenvalue weighted by molar-refractivity contribution is 7.54. The highest BCUT2D eigenvalue weighted by Gasteiger charge is 2.38. The third-order valence-corrected chi connectivity index (χ3v) is 6.69. The summed E-state index contributed by atoms with van der Waals surface area (Å²) in [6.45, 7) is 5.32. The van der Waals surface area contributed by atoms with Crippen LogP contribution in [0.1, 0.15) is 30.8 Å². The number of halogens is 1. The molecule has 0 heterocycles. The van der Waals surface area contributed by atoms with E-state index in [1.807, 2.05) is 6.92 Å². The van der Waals surface area contributed by atoms with Crippen molar-refractivity contribution in [3.8, 4) is 11.5 Å². The number of carbonyl (C=O) groups excluding carboxylic acids is 1. The molecule has 0 radical (unpaired) electrons. The lowest BCUT2D eigenvalue weighted by atomic mass is 10.2. The second kappa shape index (κ2) is 11.4. The summed E-state index contributed by atoms with van der Waals surface area (Å²) >= 11 is 5.94. The molecule has 7 nitrogen and oxygen atoms in total. The molecule has 0 aliphatic rings. The smallest absolute Gasteiger partial charge is 0.357 e. The molecular weight excluding hydrogens is 429 g/mol. The van der Waals surface area contributed by atoms with Crippen molar-refractivity contribution in [1.82, 2.24) is 5.32 Å². The maximum Gasteiger partial charge on any atom is 0.357 e. The number of hydrogen-bond donors (Lipinski definition) is 1. The molecule has 0 fully saturated rings. The molecule has 0 bridgehead atoms. The molecule has 2 rings (SSSR count). The van der Waals surface area contributed by atoms with Gasteiger partial charge in [-0.3, -0.25) is 9.36 Å². The lowest BCUT2D eigenvalue weighted by Gasteiger charge is -2.27. The summed E-state index contributed by atoms with van der Waals surface area (Å²) in [6, 6.07) is 12.0. The second-order valence-electron chi connectivity index (χ2n) is 6.32. The van der Waals surface area contributed by atoms with Gasteiger partial charge in [0.05, 0.1) is 20.3 Å². The van der Waals surface area contributed by atoms with Crippen LogP contribution in [0.3, 0.4) is 0 Å². The van der Waals surface area contributed by atoms with Crippen molar-refractivity contribution in [1.29, 1.82) is 0 Å². The Morgan fingerprint density at radius 3 is 2.27 bits per heavy atom. The molecule has 2 aromatic rings. The van der Waals surface area contributed by atoms with Gasteiger partial charge in [-0.15, -0.1) is 0 Å². The van der Waals surface area contributed by atoms with Crippen molar-refractivity contribution in [2.45, 2.75) is 26.6 Å². The Bertz CT molecular complexity index is 880. The van der Waals surface area contributed by atoms with Crippen LogP contribution in [0.15, 0.2) is 42.5 Å². The Morgan fingerprint density at radius 1 is 1.10 bits per heavy atom. The molecule has 164 valence electrons. The van der Waals surface area contributed by atoms with E-state index in [2.05, 4.69) is 5.32 Å². The minimum atomic E-state index is -3.69. The van der Waals surface area contributed by atoms with Crippen LogP contribution in [0.25, 0.3) is 0 Å². The molecular formula is C21H27ClNO6P. The first-order chi connectivity index (χ1) is 14.3. The first-order valence-corrected chi connectivity index (χ1v) is 11.5. The van der Waals surface area contributed by atoms with E-state index in [9.17, 15) is 9.36 Å². The molecule has 0 aliphatic carbocycles. The maximum atomic E-state index is 13.4. The van der Waals surface area contributed by atoms with Crippen LogP contribution in [0.4, 0.5) is 0 Å². The van der Waals surface area contributed by atoms with Crippen molar-refractivity contribution < 1.29 is 27.9 Å². The van der Waals surface area contributed by atoms with Gasteiger partial charge in [-0.25, -0.2) is 0 Å². The predicted molar refractivity (Wildman–Crippen MR) is 116 cm³/mol. The molecule has 0 spiro atoms. The highest BCUT2D eigenvalue weighted by atomic mass is 35.5. The second-order valence-corrected chi connectivity index (χ2v) is 8.87. The van der Waals surface area contributed by atoms with Crippen molar-refractivity contribution in [3.63, 3.8) is 0 Å². The number of amides is 1. The summed E-state index contributed by atoms with van der Waals surface area (Å²) in [5, 5.41) is 3.32. The van der Waals surface area contributed by atoms with Gasteiger partial charge in [-0.1, -0.05) is 23.7 Å². The van der Waals surface area contributed by atoms with Crippen molar-refractivity contribution in [3.05, 3.63) is 58.6 Å². The first kappa shape index (κ1) is 24.2. The minimum Gasteiger partial charge on any atom is -0.497 e. The number of carbonyl (C=O) groups is 1. The van der Waals surface area contributed by atoms with E-state index < -0.39 is 19.3 Å². The lowest BCUT2D eigenvalue weighted by Crippen LogP contribution is -2.33. The standard InChI is InChI=1S/C21H27ClNO6P/c1-5-28-30(25,29-6-2)21(16-7-10-18(26-4)11-8-16)23-20(24)14-27-19-12-9-17(22)13-15(19)3/h7-13,21H,5-6,14H2,1-4H3,(H,23,24). The fourth-order valence-corrected chi connectivity index (χ4v) is 4.95. The molecule has 1 unspecified atom stereocenters. The van der Waals surface area contributed by atoms with Gasteiger partial charge in [0.1, 0.15) is 11.5 Å². The van der Waals surface area contributed by atoms with Gasteiger partial charge in [0.15, 0.2) is 12.4 Å². The summed E-state index contributed by atoms with van der Waals surface area (Å²) < 4.78 is 35.1. The third kappa shape index (κ3) is 6.47. The quantitative estimate of drug-likeness (QED) is 0.474. The Kier molecular flexibility index (Phi) is 9.18. The Morgan fingerprint density at radius 2 is 1.73 bits per heavy atom. The lowest BCUT2D eigenvalue weighted by molar-refractivity contribution is -0.123. The van der Waals surface area contributed by atoms with Crippen LogP contribution >= 0.6 is 19.2 Å². The van der Waals surface area contributed by atoms with Gasteiger partial charge in [0, 0.05) is 5.02 Å². The predicted octanol–water partition coefficient (Wildman–Crippen LogP) is 5.12. The van der Waals surface area contributed by atoms with Gasteiger partial charge >= 0.3 is 7.60 Å². The number of nitrogens with one attached hydrogen (secondary N) is 1. The number of methoxy groups -OCH3 is 1. The number of rotatable bonds is 11. The fraction of sp³-hybridized carbons (Fsp3) is 0.381. The number of benzene rings is 2. The van der Waals surface area contributed by atoms with Crippen LogP contribution in [-0.4, -0.2) is 32.8 Å². The Hall–Kier alpha value is -2.05. The van der Waals surface area contributed by atoms with E-state index in [1.54, 1.807) is 63.4 Å². The molecule has 0 aromatic heterocycles. The molecule has 1 atom stereocenters. The van der Waals surface area contributed by atoms with Crippen LogP contribution < -0.4 is 14.8 Å². The normalized spacial score (nSPS) is 12.3. The number of aryl methyl sites for hydroxylation is 1. The Labute approximate surface area is 182 Å². The minimum absolute atomic E-state index is 0.167. The zero-order chi connectivity index (χ0) is 22.1. The molecule has 0 aliphatic heterocycles. The van der Waals surface area contributed by atoms with Crippen molar-refractivity contribution >= 4 is 25.1 Å². The average molecular weight is 456 g/mol. The van der Waals surface area contributed by atoms with E-state index in [-0.39, 0.29) is 19.8 Å². The van der Waals surface area contributed by atoms with Gasteiger partial charge in [-0.2, -0.15) is 0 Å². The van der Waals surface area contributed by atoms with Crippen LogP contribution in [0, 0.1) is 6.92 Å². The van der Waals surface area contributed by atoms with E-state index >= 15 is 0 Å². The molecule has 1 amide bonds. The van der Waals surface area contributed by atoms with Crippen LogP contribution in [0.2, 0.25) is 5.02 Å². The average Bonchev–Trinajstić information content (AvgIpc) is 2.72. The SMILES string of the molecule is CCOP(=O)(OCC)C(NC(=O)COc1ccc(Cl)cc1C)c1ccc(OC)cc1. The zero-order valence-electron chi connectivity index (χ0n) is 17.5. The van der Waals surface area contributed by atoms with Crippen molar-refractivity contribution in [2.24, 2.45) is 0 Å². The monoisotopic (exact) mass is 455 g/mol. The summed E-state index contributed by atoms with van der Waals surface area (Å²) in [4.78, 5) is 12.6. The summed E-state index contributed by atoms with van der Waals surface area (Å²) in [6.07, 6.45) is 0. The number of ether oxygens (including phenoxy) is 2. The first-order valence-electron chi connectivity index (χ1n) is 9.54. The van der Waals surface area contributed by atoms with Crippen LogP contribution in [0.5, 0.6) is 11.5 Å². The van der Waals surface area contributed by atoms with E-state index in [1.165, 1.54) is 0 Å². The molecule has 1 N–H and O–H groups in total. The molecule has 9 heteroatoms. The topological polar surface area (TPSA) is 83.1 Å². The summed E-state index contributed by atoms with van der Waals surface area (Å²) in [5.41, 5.74) is 1.37. The molecule has 30 heavy (non-hydrogen) atoms. The van der Waals surface area contributed by atoms with E-state index in [0.29, 0.717) is 22.1 Å². The van der Waals surface area contributed by atoms with Gasteiger partial charge in [0.25, 0.3) is 5.91 Å². The van der Waals surface area contributed by atoms with E-state index in [0.717, 1.165) is 5.56 Å². The van der Waals surface area contributed by atoms with Crippen LogP contribution in [-0.2, 0) is 18.4 Å². The molecule has 0 saturated heterocycles. The number of hydrogen-bond acceptors (Lipinski definition) is 6. The van der Waals surface area contributed by atoms with Crippen molar-refractivity contribution in [2.75, 3.05) is 26.9 Å². The van der Waals surface area contributed by atoms with Gasteiger partial charge < -0.3 is 23.8 Å². The van der Waals surface area contributed by atoms with Gasteiger partial charge in [-0.05, 0) is 62.2 Å². The maximum absolute atomic E-state index is 13.4. The largest absolute Gasteiger partial charge is 0.497 e. The fourth-order valence-electron chi connectivity index (χ4n) is 2.79. The Balaban J connectivity index is 2.22.